The molecule has 2 rings (SSSR count). The molecule has 0 fully saturated rings. The molecule has 0 spiro atoms. The number of rotatable bonds is 9. The molecule has 0 aliphatic heterocycles. The van der Waals surface area contributed by atoms with Gasteiger partial charge in [0.2, 0.25) is 10.0 Å². The zero-order valence-electron chi connectivity index (χ0n) is 15.5. The van der Waals surface area contributed by atoms with Gasteiger partial charge >= 0.3 is 0 Å². The normalized spacial score (nSPS) is 11.4. The first-order valence-electron chi connectivity index (χ1n) is 8.32. The molecule has 2 aromatic carbocycles. The summed E-state index contributed by atoms with van der Waals surface area (Å²) in [6.45, 7) is 4.61. The van der Waals surface area contributed by atoms with Gasteiger partial charge in [0.1, 0.15) is 28.8 Å². The largest absolute Gasteiger partial charge is 0.497 e. The van der Waals surface area contributed by atoms with Crippen LogP contribution in [0.15, 0.2) is 47.4 Å². The number of benzene rings is 2. The van der Waals surface area contributed by atoms with Crippen molar-refractivity contribution >= 4 is 10.0 Å². The minimum atomic E-state index is -3.71. The van der Waals surface area contributed by atoms with E-state index in [0.29, 0.717) is 17.4 Å². The summed E-state index contributed by atoms with van der Waals surface area (Å²) < 4.78 is 43.2. The van der Waals surface area contributed by atoms with Crippen molar-refractivity contribution in [1.29, 1.82) is 0 Å². The van der Waals surface area contributed by atoms with E-state index in [1.54, 1.807) is 6.07 Å². The third-order valence-corrected chi connectivity index (χ3v) is 5.37. The van der Waals surface area contributed by atoms with Gasteiger partial charge in [0.15, 0.2) is 0 Å². The molecular formula is C19H25NO5S. The highest BCUT2D eigenvalue weighted by atomic mass is 32.2. The van der Waals surface area contributed by atoms with Gasteiger partial charge in [-0.1, -0.05) is 26.0 Å². The van der Waals surface area contributed by atoms with Crippen LogP contribution in [-0.2, 0) is 10.0 Å². The molecule has 0 saturated heterocycles. The third kappa shape index (κ3) is 5.12. The number of ether oxygens (including phenoxy) is 3. The average molecular weight is 379 g/mol. The van der Waals surface area contributed by atoms with Crippen molar-refractivity contribution in [3.63, 3.8) is 0 Å². The lowest BCUT2D eigenvalue weighted by Gasteiger charge is -2.13. The lowest BCUT2D eigenvalue weighted by molar-refractivity contribution is 0.322. The first-order valence-corrected chi connectivity index (χ1v) is 9.80. The molecule has 0 aliphatic rings. The maximum atomic E-state index is 12.5. The number of methoxy groups -OCH3 is 2. The van der Waals surface area contributed by atoms with Gasteiger partial charge in [-0.3, -0.25) is 0 Å². The van der Waals surface area contributed by atoms with E-state index >= 15 is 0 Å². The maximum Gasteiger partial charge on any atom is 0.244 e. The molecule has 2 aromatic rings. The van der Waals surface area contributed by atoms with E-state index in [1.807, 2.05) is 24.3 Å². The average Bonchev–Trinajstić information content (AvgIpc) is 2.65. The highest BCUT2D eigenvalue weighted by molar-refractivity contribution is 7.89. The van der Waals surface area contributed by atoms with E-state index in [4.69, 9.17) is 14.2 Å². The molecule has 26 heavy (non-hydrogen) atoms. The van der Waals surface area contributed by atoms with Crippen molar-refractivity contribution in [3.05, 3.63) is 48.0 Å². The van der Waals surface area contributed by atoms with Crippen LogP contribution in [0.5, 0.6) is 17.2 Å². The van der Waals surface area contributed by atoms with Crippen LogP contribution in [0.3, 0.4) is 0 Å². The Kier molecular flexibility index (Phi) is 6.88. The molecule has 142 valence electrons. The Bertz CT molecular complexity index is 816. The minimum absolute atomic E-state index is 0.0575. The summed E-state index contributed by atoms with van der Waals surface area (Å²) in [7, 11) is -0.790. The fraction of sp³-hybridized carbons (Fsp3) is 0.368. The second kappa shape index (κ2) is 8.91. The zero-order chi connectivity index (χ0) is 19.2. The number of hydrogen-bond acceptors (Lipinski definition) is 5. The molecule has 6 nitrogen and oxygen atoms in total. The summed E-state index contributed by atoms with van der Waals surface area (Å²) in [5.41, 5.74) is 1.23. The first kappa shape index (κ1) is 20.1. The second-order valence-electron chi connectivity index (χ2n) is 5.99. The Hall–Kier alpha value is -2.25. The Labute approximate surface area is 155 Å². The van der Waals surface area contributed by atoms with Gasteiger partial charge in [-0.2, -0.15) is 0 Å². The van der Waals surface area contributed by atoms with Gasteiger partial charge in [0.25, 0.3) is 0 Å². The van der Waals surface area contributed by atoms with Gasteiger partial charge in [0, 0.05) is 12.6 Å². The van der Waals surface area contributed by atoms with Crippen LogP contribution in [0, 0.1) is 0 Å². The smallest absolute Gasteiger partial charge is 0.244 e. The lowest BCUT2D eigenvalue weighted by Crippen LogP contribution is -2.28. The van der Waals surface area contributed by atoms with Crippen molar-refractivity contribution in [2.75, 3.05) is 27.4 Å². The predicted molar refractivity (Wildman–Crippen MR) is 101 cm³/mol. The SMILES string of the molecule is COc1ccc(S(=O)(=O)NCCOc2ccc(C(C)C)cc2)c(OC)c1. The number of sulfonamides is 1. The fourth-order valence-corrected chi connectivity index (χ4v) is 3.53. The molecule has 0 atom stereocenters. The van der Waals surface area contributed by atoms with Gasteiger partial charge in [-0.05, 0) is 35.7 Å². The Morgan fingerprint density at radius 1 is 0.962 bits per heavy atom. The Morgan fingerprint density at radius 2 is 1.62 bits per heavy atom. The van der Waals surface area contributed by atoms with E-state index in [0.717, 1.165) is 0 Å². The summed E-state index contributed by atoms with van der Waals surface area (Å²) in [6.07, 6.45) is 0. The highest BCUT2D eigenvalue weighted by Gasteiger charge is 2.19. The monoisotopic (exact) mass is 379 g/mol. The van der Waals surface area contributed by atoms with Crippen LogP contribution < -0.4 is 18.9 Å². The summed E-state index contributed by atoms with van der Waals surface area (Å²) >= 11 is 0. The van der Waals surface area contributed by atoms with E-state index in [1.165, 1.54) is 31.9 Å². The zero-order valence-corrected chi connectivity index (χ0v) is 16.3. The minimum Gasteiger partial charge on any atom is -0.497 e. The molecule has 0 heterocycles. The van der Waals surface area contributed by atoms with E-state index < -0.39 is 10.0 Å². The van der Waals surface area contributed by atoms with E-state index in [-0.39, 0.29) is 23.8 Å². The van der Waals surface area contributed by atoms with E-state index in [9.17, 15) is 8.42 Å². The molecule has 0 bridgehead atoms. The Morgan fingerprint density at radius 3 is 2.19 bits per heavy atom. The molecule has 0 saturated carbocycles. The van der Waals surface area contributed by atoms with Gasteiger partial charge < -0.3 is 14.2 Å². The standard InChI is InChI=1S/C19H25NO5S/c1-14(2)15-5-7-16(8-6-15)25-12-11-20-26(21,22)19-10-9-17(23-3)13-18(19)24-4/h5-10,13-14,20H,11-12H2,1-4H3. The first-order chi connectivity index (χ1) is 12.4. The third-order valence-electron chi connectivity index (χ3n) is 3.87. The topological polar surface area (TPSA) is 73.9 Å². The van der Waals surface area contributed by atoms with Crippen LogP contribution >= 0.6 is 0 Å². The van der Waals surface area contributed by atoms with Crippen molar-refractivity contribution in [2.45, 2.75) is 24.7 Å². The maximum absolute atomic E-state index is 12.5. The molecule has 0 radical (unpaired) electrons. The molecule has 0 aliphatic carbocycles. The Balaban J connectivity index is 1.94. The van der Waals surface area contributed by atoms with Crippen LogP contribution in [0.2, 0.25) is 0 Å². The number of hydrogen-bond donors (Lipinski definition) is 1. The van der Waals surface area contributed by atoms with Crippen molar-refractivity contribution < 1.29 is 22.6 Å². The van der Waals surface area contributed by atoms with Crippen molar-refractivity contribution in [2.24, 2.45) is 0 Å². The molecule has 0 aromatic heterocycles. The molecule has 0 amide bonds. The quantitative estimate of drug-likeness (QED) is 0.678. The summed E-state index contributed by atoms with van der Waals surface area (Å²) in [4.78, 5) is 0.0575. The molecule has 7 heteroatoms. The summed E-state index contributed by atoms with van der Waals surface area (Å²) in [5.74, 6) is 1.90. The van der Waals surface area contributed by atoms with Crippen LogP contribution in [0.25, 0.3) is 0 Å². The van der Waals surface area contributed by atoms with Crippen LogP contribution in [-0.4, -0.2) is 35.8 Å². The van der Waals surface area contributed by atoms with Crippen LogP contribution in [0.1, 0.15) is 25.3 Å². The van der Waals surface area contributed by atoms with Crippen molar-refractivity contribution in [3.8, 4) is 17.2 Å². The van der Waals surface area contributed by atoms with E-state index in [2.05, 4.69) is 18.6 Å². The van der Waals surface area contributed by atoms with Gasteiger partial charge in [-0.15, -0.1) is 0 Å². The molecule has 1 N–H and O–H groups in total. The molecular weight excluding hydrogens is 354 g/mol. The summed E-state index contributed by atoms with van der Waals surface area (Å²) in [6, 6.07) is 12.3. The predicted octanol–water partition coefficient (Wildman–Crippen LogP) is 3.18. The second-order valence-corrected chi connectivity index (χ2v) is 7.72. The van der Waals surface area contributed by atoms with Gasteiger partial charge in [0.05, 0.1) is 14.2 Å². The van der Waals surface area contributed by atoms with Crippen molar-refractivity contribution in [1.82, 2.24) is 4.72 Å². The summed E-state index contributed by atoms with van der Waals surface area (Å²) in [5, 5.41) is 0. The fourth-order valence-electron chi connectivity index (χ4n) is 2.37. The van der Waals surface area contributed by atoms with Gasteiger partial charge in [-0.25, -0.2) is 13.1 Å². The number of nitrogens with one attached hydrogen (secondary N) is 1. The lowest BCUT2D eigenvalue weighted by atomic mass is 10.0. The molecule has 0 unspecified atom stereocenters. The highest BCUT2D eigenvalue weighted by Crippen LogP contribution is 2.28. The van der Waals surface area contributed by atoms with Crippen LogP contribution in [0.4, 0.5) is 0 Å².